The summed E-state index contributed by atoms with van der Waals surface area (Å²) in [5.41, 5.74) is 1.71. The number of aromatic nitrogens is 1. The van der Waals surface area contributed by atoms with Crippen LogP contribution >= 0.6 is 0 Å². The van der Waals surface area contributed by atoms with Gasteiger partial charge in [0.05, 0.1) is 13.2 Å². The first kappa shape index (κ1) is 18.4. The van der Waals surface area contributed by atoms with E-state index in [1.165, 1.54) is 0 Å². The number of hydrogen-bond acceptors (Lipinski definition) is 4. The van der Waals surface area contributed by atoms with Crippen LogP contribution in [0.1, 0.15) is 13.8 Å². The molecule has 140 valence electrons. The zero-order valence-corrected chi connectivity index (χ0v) is 15.3. The maximum Gasteiger partial charge on any atom is 0.243 e. The van der Waals surface area contributed by atoms with Gasteiger partial charge in [0.15, 0.2) is 0 Å². The van der Waals surface area contributed by atoms with Crippen LogP contribution < -0.4 is 10.6 Å². The lowest BCUT2D eigenvalue weighted by atomic mass is 10.2. The number of nitrogens with one attached hydrogen (secondary N) is 2. The summed E-state index contributed by atoms with van der Waals surface area (Å²) in [6.07, 6.45) is 1.91. The molecule has 0 bridgehead atoms. The van der Waals surface area contributed by atoms with Crippen molar-refractivity contribution in [1.29, 1.82) is 0 Å². The summed E-state index contributed by atoms with van der Waals surface area (Å²) in [7, 11) is 0. The Morgan fingerprint density at radius 1 is 1.31 bits per heavy atom. The fourth-order valence-electron chi connectivity index (χ4n) is 3.20. The summed E-state index contributed by atoms with van der Waals surface area (Å²) < 4.78 is 7.27. The van der Waals surface area contributed by atoms with E-state index in [0.717, 1.165) is 16.6 Å². The van der Waals surface area contributed by atoms with Gasteiger partial charge in [0.2, 0.25) is 11.8 Å². The molecule has 0 spiro atoms. The number of amides is 2. The number of ether oxygens (including phenoxy) is 1. The van der Waals surface area contributed by atoms with Crippen molar-refractivity contribution in [3.05, 3.63) is 30.5 Å². The average molecular weight is 358 g/mol. The largest absolute Gasteiger partial charge is 0.378 e. The zero-order valence-electron chi connectivity index (χ0n) is 15.3. The number of benzene rings is 1. The number of nitrogens with zero attached hydrogens (tertiary/aromatic N) is 2. The fraction of sp³-hybridized carbons (Fsp3) is 0.474. The number of fused-ring (bicyclic) bond motifs is 1. The third-order valence-corrected chi connectivity index (χ3v) is 4.70. The highest BCUT2D eigenvalue weighted by Crippen LogP contribution is 2.21. The molecule has 1 aromatic carbocycles. The quantitative estimate of drug-likeness (QED) is 0.819. The first-order chi connectivity index (χ1) is 12.6. The highest BCUT2D eigenvalue weighted by atomic mass is 16.5. The molecule has 0 saturated carbocycles. The molecule has 1 saturated heterocycles. The molecule has 2 aromatic rings. The number of anilines is 1. The molecule has 1 aliphatic heterocycles. The van der Waals surface area contributed by atoms with Crippen LogP contribution in [0.2, 0.25) is 0 Å². The minimum atomic E-state index is -0.323. The maximum atomic E-state index is 12.3. The van der Waals surface area contributed by atoms with E-state index >= 15 is 0 Å². The standard InChI is InChI=1S/C19H26N4O3/c1-3-22(4-2)18(24)12-23-9-7-14-11-15(5-6-17(14)23)21-19(25)16-13-26-10-8-20-16/h5-7,9,11,16,20H,3-4,8,10,12-13H2,1-2H3,(H,21,25). The molecule has 3 rings (SSSR count). The van der Waals surface area contributed by atoms with E-state index in [1.807, 2.05) is 53.8 Å². The normalized spacial score (nSPS) is 17.2. The Morgan fingerprint density at radius 2 is 2.12 bits per heavy atom. The molecule has 1 aromatic heterocycles. The van der Waals surface area contributed by atoms with Crippen LogP contribution in [0.4, 0.5) is 5.69 Å². The van der Waals surface area contributed by atoms with E-state index < -0.39 is 0 Å². The SMILES string of the molecule is CCN(CC)C(=O)Cn1ccc2cc(NC(=O)C3COCCN3)ccc21. The molecule has 1 atom stereocenters. The Kier molecular flexibility index (Phi) is 5.90. The first-order valence-electron chi connectivity index (χ1n) is 9.11. The smallest absolute Gasteiger partial charge is 0.243 e. The summed E-state index contributed by atoms with van der Waals surface area (Å²) in [5.74, 6) is 0.00782. The van der Waals surface area contributed by atoms with Crippen molar-refractivity contribution in [3.63, 3.8) is 0 Å². The van der Waals surface area contributed by atoms with E-state index in [0.29, 0.717) is 39.4 Å². The minimum Gasteiger partial charge on any atom is -0.378 e. The molecular weight excluding hydrogens is 332 g/mol. The Bertz CT molecular complexity index is 776. The zero-order chi connectivity index (χ0) is 18.5. The van der Waals surface area contributed by atoms with E-state index in [-0.39, 0.29) is 17.9 Å². The molecule has 2 amide bonds. The highest BCUT2D eigenvalue weighted by molar-refractivity contribution is 5.97. The van der Waals surface area contributed by atoms with Gasteiger partial charge in [0.1, 0.15) is 12.6 Å². The molecule has 0 aliphatic carbocycles. The summed E-state index contributed by atoms with van der Waals surface area (Å²) in [4.78, 5) is 26.4. The van der Waals surface area contributed by atoms with Gasteiger partial charge in [-0.3, -0.25) is 9.59 Å². The van der Waals surface area contributed by atoms with E-state index in [4.69, 9.17) is 4.74 Å². The maximum absolute atomic E-state index is 12.3. The number of likely N-dealkylation sites (N-methyl/N-ethyl adjacent to an activating group) is 1. The molecule has 2 N–H and O–H groups in total. The van der Waals surface area contributed by atoms with Crippen LogP contribution in [0, 0.1) is 0 Å². The lowest BCUT2D eigenvalue weighted by Crippen LogP contribution is -2.48. The van der Waals surface area contributed by atoms with Gasteiger partial charge in [-0.25, -0.2) is 0 Å². The second-order valence-electron chi connectivity index (χ2n) is 6.35. The number of carbonyl (C=O) groups excluding carboxylic acids is 2. The van der Waals surface area contributed by atoms with Gasteiger partial charge in [-0.05, 0) is 38.1 Å². The second kappa shape index (κ2) is 8.33. The van der Waals surface area contributed by atoms with Gasteiger partial charge >= 0.3 is 0 Å². The predicted molar refractivity (Wildman–Crippen MR) is 101 cm³/mol. The first-order valence-corrected chi connectivity index (χ1v) is 9.11. The highest BCUT2D eigenvalue weighted by Gasteiger charge is 2.21. The van der Waals surface area contributed by atoms with Gasteiger partial charge in [0.25, 0.3) is 0 Å². The number of hydrogen-bond donors (Lipinski definition) is 2. The Hall–Kier alpha value is -2.38. The second-order valence-corrected chi connectivity index (χ2v) is 6.35. The molecule has 7 nitrogen and oxygen atoms in total. The molecule has 0 radical (unpaired) electrons. The summed E-state index contributed by atoms with van der Waals surface area (Å²) in [5, 5.41) is 7.05. The van der Waals surface area contributed by atoms with Gasteiger partial charge in [-0.1, -0.05) is 0 Å². The molecule has 1 aliphatic rings. The summed E-state index contributed by atoms with van der Waals surface area (Å²) >= 11 is 0. The van der Waals surface area contributed by atoms with Crippen LogP contribution in [-0.2, 0) is 20.9 Å². The van der Waals surface area contributed by atoms with Crippen LogP contribution in [0.3, 0.4) is 0 Å². The topological polar surface area (TPSA) is 75.6 Å². The Balaban J connectivity index is 1.70. The number of morpholine rings is 1. The van der Waals surface area contributed by atoms with Crippen molar-refractivity contribution in [2.45, 2.75) is 26.4 Å². The minimum absolute atomic E-state index is 0.0970. The molecular formula is C19H26N4O3. The number of rotatable bonds is 6. The molecule has 1 fully saturated rings. The Morgan fingerprint density at radius 3 is 2.81 bits per heavy atom. The van der Waals surface area contributed by atoms with Gasteiger partial charge < -0.3 is 24.8 Å². The van der Waals surface area contributed by atoms with E-state index in [9.17, 15) is 9.59 Å². The lowest BCUT2D eigenvalue weighted by molar-refractivity contribution is -0.131. The number of carbonyl (C=O) groups is 2. The van der Waals surface area contributed by atoms with Crippen molar-refractivity contribution in [3.8, 4) is 0 Å². The van der Waals surface area contributed by atoms with Crippen molar-refractivity contribution in [2.75, 3.05) is 38.2 Å². The van der Waals surface area contributed by atoms with Gasteiger partial charge in [-0.2, -0.15) is 0 Å². The van der Waals surface area contributed by atoms with E-state index in [1.54, 1.807) is 0 Å². The third-order valence-electron chi connectivity index (χ3n) is 4.70. The molecule has 2 heterocycles. The Labute approximate surface area is 153 Å². The molecule has 1 unspecified atom stereocenters. The summed E-state index contributed by atoms with van der Waals surface area (Å²) in [6, 6.07) is 7.36. The fourth-order valence-corrected chi connectivity index (χ4v) is 3.20. The third kappa shape index (κ3) is 4.05. The van der Waals surface area contributed by atoms with Crippen LogP contribution in [0.15, 0.2) is 30.5 Å². The van der Waals surface area contributed by atoms with Crippen molar-refractivity contribution in [1.82, 2.24) is 14.8 Å². The van der Waals surface area contributed by atoms with Crippen molar-refractivity contribution >= 4 is 28.4 Å². The lowest BCUT2D eigenvalue weighted by Gasteiger charge is -2.22. The van der Waals surface area contributed by atoms with Crippen molar-refractivity contribution in [2.24, 2.45) is 0 Å². The predicted octanol–water partition coefficient (Wildman–Crippen LogP) is 1.44. The summed E-state index contributed by atoms with van der Waals surface area (Å²) in [6.45, 7) is 7.41. The monoisotopic (exact) mass is 358 g/mol. The van der Waals surface area contributed by atoms with Gasteiger partial charge in [0, 0.05) is 42.4 Å². The van der Waals surface area contributed by atoms with Crippen LogP contribution in [-0.4, -0.2) is 60.2 Å². The average Bonchev–Trinajstić information content (AvgIpc) is 3.05. The van der Waals surface area contributed by atoms with Crippen LogP contribution in [0.25, 0.3) is 10.9 Å². The van der Waals surface area contributed by atoms with Crippen molar-refractivity contribution < 1.29 is 14.3 Å². The van der Waals surface area contributed by atoms with Gasteiger partial charge in [-0.15, -0.1) is 0 Å². The van der Waals surface area contributed by atoms with E-state index in [2.05, 4.69) is 10.6 Å². The van der Waals surface area contributed by atoms with Crippen LogP contribution in [0.5, 0.6) is 0 Å². The molecule has 7 heteroatoms. The molecule has 26 heavy (non-hydrogen) atoms.